The Hall–Kier alpha value is -0.0800. The molecule has 17 heavy (non-hydrogen) atoms. The minimum atomic E-state index is 0.305. The van der Waals surface area contributed by atoms with Crippen LogP contribution >= 0.6 is 0 Å². The first-order valence-electron chi connectivity index (χ1n) is 7.09. The van der Waals surface area contributed by atoms with Gasteiger partial charge in [0.05, 0.1) is 0 Å². The van der Waals surface area contributed by atoms with Crippen LogP contribution in [0.15, 0.2) is 0 Å². The van der Waals surface area contributed by atoms with Crippen LogP contribution in [0.1, 0.15) is 53.4 Å². The van der Waals surface area contributed by atoms with Crippen molar-refractivity contribution >= 4 is 0 Å². The van der Waals surface area contributed by atoms with E-state index in [1.54, 1.807) is 0 Å². The molecule has 1 atom stereocenters. The smallest absolute Gasteiger partial charge is 0.0361 e. The van der Waals surface area contributed by atoms with Crippen LogP contribution in [0.5, 0.6) is 0 Å². The second-order valence-corrected chi connectivity index (χ2v) is 7.27. The van der Waals surface area contributed by atoms with Crippen LogP contribution in [0.25, 0.3) is 0 Å². The average Bonchev–Trinajstić information content (AvgIpc) is 2.19. The molecule has 0 radical (unpaired) electrons. The maximum absolute atomic E-state index is 3.61. The molecule has 0 amide bonds. The maximum atomic E-state index is 3.61. The third kappa shape index (κ3) is 3.03. The van der Waals surface area contributed by atoms with Gasteiger partial charge in [-0.25, -0.2) is 0 Å². The van der Waals surface area contributed by atoms with Crippen molar-refractivity contribution in [2.24, 2.45) is 11.3 Å². The molecule has 1 N–H and O–H groups in total. The molecule has 0 aromatic carbocycles. The zero-order valence-corrected chi connectivity index (χ0v) is 12.9. The number of nitrogens with zero attached hydrogens (tertiary/aromatic N) is 1. The molecule has 0 aromatic rings. The second-order valence-electron chi connectivity index (χ2n) is 7.27. The van der Waals surface area contributed by atoms with E-state index >= 15 is 0 Å². The average molecular weight is 240 g/mol. The molecule has 0 aliphatic heterocycles. The molecule has 1 aliphatic carbocycles. The lowest BCUT2D eigenvalue weighted by atomic mass is 9.65. The molecule has 2 heteroatoms. The summed E-state index contributed by atoms with van der Waals surface area (Å²) in [5, 5.41) is 3.61. The summed E-state index contributed by atoms with van der Waals surface area (Å²) in [5.74, 6) is 0.903. The Labute approximate surface area is 108 Å². The number of hydrogen-bond donors (Lipinski definition) is 1. The Morgan fingerprint density at radius 1 is 1.18 bits per heavy atom. The molecule has 1 fully saturated rings. The van der Waals surface area contributed by atoms with Gasteiger partial charge in [-0.2, -0.15) is 0 Å². The number of nitrogens with one attached hydrogen (secondary N) is 1. The third-order valence-electron chi connectivity index (χ3n) is 4.72. The number of likely N-dealkylation sites (N-methyl/N-ethyl adjacent to an activating group) is 2. The topological polar surface area (TPSA) is 15.3 Å². The fraction of sp³-hybridized carbons (Fsp3) is 1.00. The van der Waals surface area contributed by atoms with Crippen molar-refractivity contribution in [3.63, 3.8) is 0 Å². The predicted octanol–water partition coefficient (Wildman–Crippen LogP) is 3.13. The van der Waals surface area contributed by atoms with Gasteiger partial charge in [-0.3, -0.25) is 0 Å². The molecule has 102 valence electrons. The molecule has 1 unspecified atom stereocenters. The van der Waals surface area contributed by atoms with Crippen molar-refractivity contribution in [2.75, 3.05) is 21.1 Å². The summed E-state index contributed by atoms with van der Waals surface area (Å²) < 4.78 is 0. The van der Waals surface area contributed by atoms with Crippen LogP contribution in [-0.2, 0) is 0 Å². The van der Waals surface area contributed by atoms with E-state index in [4.69, 9.17) is 0 Å². The molecule has 0 bridgehead atoms. The lowest BCUT2D eigenvalue weighted by molar-refractivity contribution is 0.00553. The van der Waals surface area contributed by atoms with Crippen LogP contribution in [0.3, 0.4) is 0 Å². The summed E-state index contributed by atoms with van der Waals surface area (Å²) in [6.45, 7) is 9.47. The van der Waals surface area contributed by atoms with Gasteiger partial charge in [0.2, 0.25) is 0 Å². The Balaban J connectivity index is 2.98. The van der Waals surface area contributed by atoms with Crippen LogP contribution in [-0.4, -0.2) is 37.6 Å². The van der Waals surface area contributed by atoms with Crippen molar-refractivity contribution < 1.29 is 0 Å². The van der Waals surface area contributed by atoms with E-state index in [0.717, 1.165) is 5.92 Å². The van der Waals surface area contributed by atoms with Gasteiger partial charge in [0, 0.05) is 11.6 Å². The quantitative estimate of drug-likeness (QED) is 0.815. The van der Waals surface area contributed by atoms with Crippen LogP contribution in [0.4, 0.5) is 0 Å². The first kappa shape index (κ1) is 15.0. The van der Waals surface area contributed by atoms with Crippen molar-refractivity contribution in [1.29, 1.82) is 0 Å². The van der Waals surface area contributed by atoms with E-state index in [1.165, 1.54) is 25.7 Å². The molecule has 1 rings (SSSR count). The highest BCUT2D eigenvalue weighted by atomic mass is 15.2. The van der Waals surface area contributed by atoms with E-state index in [-0.39, 0.29) is 0 Å². The normalized spacial score (nSPS) is 32.8. The molecular weight excluding hydrogens is 208 g/mol. The van der Waals surface area contributed by atoms with Crippen LogP contribution in [0, 0.1) is 11.3 Å². The van der Waals surface area contributed by atoms with Crippen LogP contribution < -0.4 is 5.32 Å². The van der Waals surface area contributed by atoms with Gasteiger partial charge in [0.15, 0.2) is 0 Å². The third-order valence-corrected chi connectivity index (χ3v) is 4.72. The SMILES string of the molecule is CNC(C(C)(C)C)C1(N(C)C)CCC(C)CC1. The van der Waals surface area contributed by atoms with Gasteiger partial charge in [-0.1, -0.05) is 27.7 Å². The largest absolute Gasteiger partial charge is 0.315 e. The lowest BCUT2D eigenvalue weighted by Gasteiger charge is -2.54. The Bertz CT molecular complexity index is 232. The van der Waals surface area contributed by atoms with Gasteiger partial charge < -0.3 is 10.2 Å². The summed E-state index contributed by atoms with van der Waals surface area (Å²) in [6, 6.07) is 0.553. The second kappa shape index (κ2) is 5.27. The summed E-state index contributed by atoms with van der Waals surface area (Å²) in [5.41, 5.74) is 0.638. The van der Waals surface area contributed by atoms with Gasteiger partial charge in [0.25, 0.3) is 0 Å². The zero-order chi connectivity index (χ0) is 13.3. The fourth-order valence-corrected chi connectivity index (χ4v) is 3.76. The van der Waals surface area contributed by atoms with Crippen LogP contribution in [0.2, 0.25) is 0 Å². The van der Waals surface area contributed by atoms with Crippen molar-refractivity contribution in [1.82, 2.24) is 10.2 Å². The molecule has 0 saturated heterocycles. The Kier molecular flexibility index (Phi) is 4.65. The summed E-state index contributed by atoms with van der Waals surface area (Å²) in [6.07, 6.45) is 5.38. The first-order valence-corrected chi connectivity index (χ1v) is 7.09. The Morgan fingerprint density at radius 3 is 1.94 bits per heavy atom. The first-order chi connectivity index (χ1) is 7.74. The van der Waals surface area contributed by atoms with Gasteiger partial charge >= 0.3 is 0 Å². The van der Waals surface area contributed by atoms with Gasteiger partial charge in [0.1, 0.15) is 0 Å². The number of hydrogen-bond acceptors (Lipinski definition) is 2. The van der Waals surface area contributed by atoms with E-state index in [1.807, 2.05) is 0 Å². The van der Waals surface area contributed by atoms with E-state index in [0.29, 0.717) is 17.0 Å². The Morgan fingerprint density at radius 2 is 1.65 bits per heavy atom. The predicted molar refractivity (Wildman–Crippen MR) is 76.4 cm³/mol. The van der Waals surface area contributed by atoms with Crippen molar-refractivity contribution in [3.8, 4) is 0 Å². The van der Waals surface area contributed by atoms with Crippen molar-refractivity contribution in [2.45, 2.75) is 65.0 Å². The molecule has 1 saturated carbocycles. The monoisotopic (exact) mass is 240 g/mol. The van der Waals surface area contributed by atoms with E-state index < -0.39 is 0 Å². The lowest BCUT2D eigenvalue weighted by Crippen LogP contribution is -2.64. The highest BCUT2D eigenvalue weighted by molar-refractivity contribution is 5.05. The van der Waals surface area contributed by atoms with Crippen molar-refractivity contribution in [3.05, 3.63) is 0 Å². The highest BCUT2D eigenvalue weighted by Gasteiger charge is 2.46. The van der Waals surface area contributed by atoms with E-state index in [2.05, 4.69) is 59.1 Å². The minimum absolute atomic E-state index is 0.305. The molecule has 1 aliphatic rings. The molecule has 0 heterocycles. The number of rotatable bonds is 3. The maximum Gasteiger partial charge on any atom is 0.0361 e. The molecule has 0 aromatic heterocycles. The summed E-state index contributed by atoms with van der Waals surface area (Å²) in [4.78, 5) is 2.48. The summed E-state index contributed by atoms with van der Waals surface area (Å²) in [7, 11) is 6.64. The van der Waals surface area contributed by atoms with Gasteiger partial charge in [-0.15, -0.1) is 0 Å². The highest BCUT2D eigenvalue weighted by Crippen LogP contribution is 2.42. The van der Waals surface area contributed by atoms with Gasteiger partial charge in [-0.05, 0) is 58.2 Å². The van der Waals surface area contributed by atoms with E-state index in [9.17, 15) is 0 Å². The zero-order valence-electron chi connectivity index (χ0n) is 12.9. The molecule has 0 spiro atoms. The standard InChI is InChI=1S/C15H32N2/c1-12-8-10-15(11-9-12,17(6)7)13(16-5)14(2,3)4/h12-13,16H,8-11H2,1-7H3. The fourth-order valence-electron chi connectivity index (χ4n) is 3.76. The minimum Gasteiger partial charge on any atom is -0.315 e. The summed E-state index contributed by atoms with van der Waals surface area (Å²) >= 11 is 0. The molecular formula is C15H32N2. The molecule has 2 nitrogen and oxygen atoms in total.